The van der Waals surface area contributed by atoms with Crippen LogP contribution in [-0.2, 0) is 11.3 Å². The lowest BCUT2D eigenvalue weighted by Crippen LogP contribution is -2.09. The Balaban J connectivity index is 2.37. The predicted molar refractivity (Wildman–Crippen MR) is 58.9 cm³/mol. The van der Waals surface area contributed by atoms with E-state index in [9.17, 15) is 0 Å². The minimum absolute atomic E-state index is 0.0945. The quantitative estimate of drug-likeness (QED) is 0.780. The molecule has 1 atom stereocenters. The summed E-state index contributed by atoms with van der Waals surface area (Å²) in [4.78, 5) is 0. The first-order chi connectivity index (χ1) is 7.26. The van der Waals surface area contributed by atoms with Gasteiger partial charge in [0.2, 0.25) is 0 Å². The fourth-order valence-corrected chi connectivity index (χ4v) is 1.23. The Hall–Kier alpha value is -1.06. The van der Waals surface area contributed by atoms with E-state index < -0.39 is 0 Å². The van der Waals surface area contributed by atoms with Crippen molar-refractivity contribution < 1.29 is 14.6 Å². The SMILES string of the molecule is COc1ccc(CO[C@@H](C)CCO)cc1. The second-order valence-corrected chi connectivity index (χ2v) is 3.48. The van der Waals surface area contributed by atoms with Gasteiger partial charge in [-0.3, -0.25) is 0 Å². The van der Waals surface area contributed by atoms with Crippen LogP contribution >= 0.6 is 0 Å². The summed E-state index contributed by atoms with van der Waals surface area (Å²) in [5.41, 5.74) is 1.11. The van der Waals surface area contributed by atoms with Gasteiger partial charge in [0, 0.05) is 6.61 Å². The van der Waals surface area contributed by atoms with Crippen LogP contribution in [0.15, 0.2) is 24.3 Å². The van der Waals surface area contributed by atoms with E-state index in [0.717, 1.165) is 11.3 Å². The van der Waals surface area contributed by atoms with E-state index in [-0.39, 0.29) is 12.7 Å². The van der Waals surface area contributed by atoms with E-state index in [2.05, 4.69) is 0 Å². The summed E-state index contributed by atoms with van der Waals surface area (Å²) < 4.78 is 10.6. The molecular weight excluding hydrogens is 192 g/mol. The van der Waals surface area contributed by atoms with Crippen molar-refractivity contribution in [2.45, 2.75) is 26.1 Å². The topological polar surface area (TPSA) is 38.7 Å². The lowest BCUT2D eigenvalue weighted by atomic mass is 10.2. The Bertz CT molecular complexity index is 269. The molecular formula is C12H18O3. The van der Waals surface area contributed by atoms with Crippen LogP contribution in [0.25, 0.3) is 0 Å². The Kier molecular flexibility index (Phi) is 5.15. The third kappa shape index (κ3) is 4.32. The molecule has 0 aliphatic heterocycles. The van der Waals surface area contributed by atoms with Crippen LogP contribution in [0.2, 0.25) is 0 Å². The zero-order valence-corrected chi connectivity index (χ0v) is 9.27. The van der Waals surface area contributed by atoms with E-state index in [1.807, 2.05) is 31.2 Å². The molecule has 1 N–H and O–H groups in total. The van der Waals surface area contributed by atoms with Crippen molar-refractivity contribution in [2.75, 3.05) is 13.7 Å². The predicted octanol–water partition coefficient (Wildman–Crippen LogP) is 1.98. The third-order valence-corrected chi connectivity index (χ3v) is 2.23. The van der Waals surface area contributed by atoms with Gasteiger partial charge < -0.3 is 14.6 Å². The van der Waals surface area contributed by atoms with Crippen LogP contribution < -0.4 is 4.74 Å². The van der Waals surface area contributed by atoms with Crippen molar-refractivity contribution in [2.24, 2.45) is 0 Å². The normalized spacial score (nSPS) is 12.5. The van der Waals surface area contributed by atoms with Crippen LogP contribution in [-0.4, -0.2) is 24.9 Å². The molecule has 0 spiro atoms. The summed E-state index contributed by atoms with van der Waals surface area (Å²) in [5, 5.41) is 8.71. The first-order valence-electron chi connectivity index (χ1n) is 5.11. The van der Waals surface area contributed by atoms with E-state index in [4.69, 9.17) is 14.6 Å². The molecule has 0 aliphatic rings. The zero-order valence-electron chi connectivity index (χ0n) is 9.27. The van der Waals surface area contributed by atoms with Gasteiger partial charge in [-0.2, -0.15) is 0 Å². The van der Waals surface area contributed by atoms with Crippen molar-refractivity contribution in [3.8, 4) is 5.75 Å². The van der Waals surface area contributed by atoms with Crippen LogP contribution in [0.1, 0.15) is 18.9 Å². The summed E-state index contributed by atoms with van der Waals surface area (Å²) in [5.74, 6) is 0.849. The molecule has 0 saturated carbocycles. The standard InChI is InChI=1S/C12H18O3/c1-10(7-8-13)15-9-11-3-5-12(14-2)6-4-11/h3-6,10,13H,7-9H2,1-2H3/t10-/m0/s1. The fourth-order valence-electron chi connectivity index (χ4n) is 1.23. The number of hydrogen-bond acceptors (Lipinski definition) is 3. The maximum atomic E-state index is 8.71. The highest BCUT2D eigenvalue weighted by atomic mass is 16.5. The molecule has 1 aromatic rings. The number of aliphatic hydroxyl groups excluding tert-OH is 1. The minimum atomic E-state index is 0.0945. The van der Waals surface area contributed by atoms with Gasteiger partial charge in [-0.15, -0.1) is 0 Å². The van der Waals surface area contributed by atoms with Gasteiger partial charge in [-0.25, -0.2) is 0 Å². The number of hydrogen-bond donors (Lipinski definition) is 1. The van der Waals surface area contributed by atoms with Crippen LogP contribution in [0, 0.1) is 0 Å². The van der Waals surface area contributed by atoms with Crippen LogP contribution in [0.4, 0.5) is 0 Å². The smallest absolute Gasteiger partial charge is 0.118 e. The monoisotopic (exact) mass is 210 g/mol. The van der Waals surface area contributed by atoms with Crippen molar-refractivity contribution in [1.29, 1.82) is 0 Å². The Morgan fingerprint density at radius 1 is 1.27 bits per heavy atom. The molecule has 1 rings (SSSR count). The third-order valence-electron chi connectivity index (χ3n) is 2.23. The highest BCUT2D eigenvalue weighted by Crippen LogP contribution is 2.12. The van der Waals surface area contributed by atoms with Gasteiger partial charge in [-0.05, 0) is 31.0 Å². The summed E-state index contributed by atoms with van der Waals surface area (Å²) >= 11 is 0. The fraction of sp³-hybridized carbons (Fsp3) is 0.500. The lowest BCUT2D eigenvalue weighted by molar-refractivity contribution is 0.0363. The van der Waals surface area contributed by atoms with Gasteiger partial charge in [0.05, 0.1) is 19.8 Å². The first kappa shape index (κ1) is 12.0. The summed E-state index contributed by atoms with van der Waals surface area (Å²) in [7, 11) is 1.65. The molecule has 3 nitrogen and oxygen atoms in total. The molecule has 0 aliphatic carbocycles. The maximum Gasteiger partial charge on any atom is 0.118 e. The number of benzene rings is 1. The summed E-state index contributed by atoms with van der Waals surface area (Å²) in [6.07, 6.45) is 0.771. The molecule has 15 heavy (non-hydrogen) atoms. The van der Waals surface area contributed by atoms with E-state index in [1.54, 1.807) is 7.11 Å². The average molecular weight is 210 g/mol. The van der Waals surface area contributed by atoms with Gasteiger partial charge in [0.25, 0.3) is 0 Å². The van der Waals surface area contributed by atoms with Gasteiger partial charge in [0.1, 0.15) is 5.75 Å². The average Bonchev–Trinajstić information content (AvgIpc) is 2.27. The molecule has 0 amide bonds. The minimum Gasteiger partial charge on any atom is -0.497 e. The zero-order chi connectivity index (χ0) is 11.1. The molecule has 3 heteroatoms. The second kappa shape index (κ2) is 6.43. The number of aliphatic hydroxyl groups is 1. The van der Waals surface area contributed by atoms with Crippen molar-refractivity contribution in [3.63, 3.8) is 0 Å². The second-order valence-electron chi connectivity index (χ2n) is 3.48. The summed E-state index contributed by atoms with van der Waals surface area (Å²) in [6, 6.07) is 7.78. The lowest BCUT2D eigenvalue weighted by Gasteiger charge is -2.11. The Morgan fingerprint density at radius 3 is 2.47 bits per heavy atom. The maximum absolute atomic E-state index is 8.71. The highest BCUT2D eigenvalue weighted by molar-refractivity contribution is 5.26. The number of rotatable bonds is 6. The van der Waals surface area contributed by atoms with Gasteiger partial charge in [-0.1, -0.05) is 12.1 Å². The molecule has 0 radical (unpaired) electrons. The molecule has 0 bridgehead atoms. The van der Waals surface area contributed by atoms with E-state index in [0.29, 0.717) is 13.0 Å². The highest BCUT2D eigenvalue weighted by Gasteiger charge is 2.01. The largest absolute Gasteiger partial charge is 0.497 e. The number of ether oxygens (including phenoxy) is 2. The Labute approximate surface area is 90.6 Å². The molecule has 84 valence electrons. The molecule has 0 aromatic heterocycles. The van der Waals surface area contributed by atoms with Crippen molar-refractivity contribution in [1.82, 2.24) is 0 Å². The molecule has 0 unspecified atom stereocenters. The first-order valence-corrected chi connectivity index (χ1v) is 5.11. The molecule has 0 heterocycles. The van der Waals surface area contributed by atoms with Crippen LogP contribution in [0.3, 0.4) is 0 Å². The summed E-state index contributed by atoms with van der Waals surface area (Å²) in [6.45, 7) is 2.70. The van der Waals surface area contributed by atoms with Gasteiger partial charge >= 0.3 is 0 Å². The Morgan fingerprint density at radius 2 is 1.93 bits per heavy atom. The van der Waals surface area contributed by atoms with Crippen LogP contribution in [0.5, 0.6) is 5.75 Å². The number of methoxy groups -OCH3 is 1. The molecule has 0 fully saturated rings. The van der Waals surface area contributed by atoms with E-state index in [1.165, 1.54) is 0 Å². The van der Waals surface area contributed by atoms with Crippen molar-refractivity contribution in [3.05, 3.63) is 29.8 Å². The molecule has 0 saturated heterocycles. The van der Waals surface area contributed by atoms with Gasteiger partial charge in [0.15, 0.2) is 0 Å². The van der Waals surface area contributed by atoms with Crippen molar-refractivity contribution >= 4 is 0 Å². The van der Waals surface area contributed by atoms with E-state index >= 15 is 0 Å². The molecule has 1 aromatic carbocycles.